The summed E-state index contributed by atoms with van der Waals surface area (Å²) in [4.78, 5) is 12.2. The number of ether oxygens (including phenoxy) is 1. The van der Waals surface area contributed by atoms with E-state index in [-0.39, 0.29) is 16.7 Å². The van der Waals surface area contributed by atoms with Gasteiger partial charge in [-0.2, -0.15) is 0 Å². The van der Waals surface area contributed by atoms with Crippen LogP contribution in [0.3, 0.4) is 0 Å². The van der Waals surface area contributed by atoms with Gasteiger partial charge in [-0.3, -0.25) is 4.79 Å². The average Bonchev–Trinajstić information content (AvgIpc) is 3.02. The summed E-state index contributed by atoms with van der Waals surface area (Å²) in [6.07, 6.45) is -0.732. The van der Waals surface area contributed by atoms with Crippen molar-refractivity contribution < 1.29 is 13.9 Å². The topological polar surface area (TPSA) is 50.4 Å². The van der Waals surface area contributed by atoms with Gasteiger partial charge in [-0.15, -0.1) is 0 Å². The summed E-state index contributed by atoms with van der Waals surface area (Å²) in [7, 11) is 0. The molecule has 0 fully saturated rings. The first kappa shape index (κ1) is 16.7. The molecule has 4 nitrogen and oxygen atoms in total. The molecular weight excluding hydrogens is 331 g/mol. The molecule has 126 valence electrons. The van der Waals surface area contributed by atoms with E-state index < -0.39 is 11.9 Å². The predicted octanol–water partition coefficient (Wildman–Crippen LogP) is 3.17. The van der Waals surface area contributed by atoms with Crippen LogP contribution >= 0.6 is 11.6 Å². The molecule has 3 rings (SSSR count). The number of hydrogen-bond acceptors (Lipinski definition) is 3. The van der Waals surface area contributed by atoms with E-state index in [0.29, 0.717) is 6.54 Å². The van der Waals surface area contributed by atoms with Crippen LogP contribution in [0.15, 0.2) is 36.4 Å². The predicted molar refractivity (Wildman–Crippen MR) is 90.3 cm³/mol. The second kappa shape index (κ2) is 7.20. The number of amides is 1. The van der Waals surface area contributed by atoms with Gasteiger partial charge in [0.15, 0.2) is 6.10 Å². The Hall–Kier alpha value is -2.11. The van der Waals surface area contributed by atoms with Crippen molar-refractivity contribution >= 4 is 17.5 Å². The summed E-state index contributed by atoms with van der Waals surface area (Å²) < 4.78 is 18.5. The number of halogens is 2. The fraction of sp³-hybridized carbons (Fsp3) is 0.278. The fourth-order valence-corrected chi connectivity index (χ4v) is 2.82. The van der Waals surface area contributed by atoms with Crippen LogP contribution in [0.4, 0.5) is 4.39 Å². The van der Waals surface area contributed by atoms with Crippen LogP contribution in [-0.2, 0) is 24.4 Å². The molecule has 0 saturated carbocycles. The summed E-state index contributed by atoms with van der Waals surface area (Å²) >= 11 is 5.90. The molecule has 1 heterocycles. The van der Waals surface area contributed by atoms with E-state index in [9.17, 15) is 9.18 Å². The van der Waals surface area contributed by atoms with E-state index in [4.69, 9.17) is 16.3 Å². The lowest BCUT2D eigenvalue weighted by atomic mass is 10.1. The van der Waals surface area contributed by atoms with Crippen LogP contribution in [-0.4, -0.2) is 12.0 Å². The van der Waals surface area contributed by atoms with Crippen molar-refractivity contribution in [2.75, 3.05) is 0 Å². The van der Waals surface area contributed by atoms with E-state index in [1.807, 2.05) is 6.07 Å². The second-order valence-corrected chi connectivity index (χ2v) is 6.17. The molecule has 2 aromatic rings. The Kier molecular flexibility index (Phi) is 5.02. The molecule has 6 heteroatoms. The smallest absolute Gasteiger partial charge is 0.261 e. The number of hydrogen-bond donors (Lipinski definition) is 2. The zero-order valence-corrected chi connectivity index (χ0v) is 14.0. The zero-order valence-electron chi connectivity index (χ0n) is 13.2. The molecular formula is C18H18ClFN2O2. The summed E-state index contributed by atoms with van der Waals surface area (Å²) in [5.74, 6) is -0.422. The third-order valence-electron chi connectivity index (χ3n) is 3.94. The van der Waals surface area contributed by atoms with Crippen molar-refractivity contribution in [2.24, 2.45) is 0 Å². The van der Waals surface area contributed by atoms with E-state index in [1.165, 1.54) is 23.3 Å². The van der Waals surface area contributed by atoms with Gasteiger partial charge in [-0.25, -0.2) is 4.39 Å². The monoisotopic (exact) mass is 348 g/mol. The minimum Gasteiger partial charge on any atom is -0.479 e. The van der Waals surface area contributed by atoms with Gasteiger partial charge in [0.25, 0.3) is 5.91 Å². The maximum absolute atomic E-state index is 13.0. The van der Waals surface area contributed by atoms with Crippen LogP contribution in [0.5, 0.6) is 5.75 Å². The minimum atomic E-state index is -0.732. The van der Waals surface area contributed by atoms with Crippen LogP contribution in [0.2, 0.25) is 5.02 Å². The van der Waals surface area contributed by atoms with Gasteiger partial charge in [-0.05, 0) is 41.8 Å². The Bertz CT molecular complexity index is 767. The third-order valence-corrected chi connectivity index (χ3v) is 4.23. The normalized spacial score (nSPS) is 14.1. The molecule has 0 saturated heterocycles. The number of fused-ring (bicyclic) bond motifs is 1. The van der Waals surface area contributed by atoms with Gasteiger partial charge in [0, 0.05) is 19.6 Å². The number of carbonyl (C=O) groups is 1. The molecule has 0 spiro atoms. The first-order valence-corrected chi connectivity index (χ1v) is 8.11. The van der Waals surface area contributed by atoms with Crippen LogP contribution in [0, 0.1) is 5.82 Å². The Balaban J connectivity index is 1.56. The lowest BCUT2D eigenvalue weighted by Gasteiger charge is -2.16. The summed E-state index contributed by atoms with van der Waals surface area (Å²) in [5.41, 5.74) is 3.61. The fourth-order valence-electron chi connectivity index (χ4n) is 2.61. The molecule has 0 aliphatic carbocycles. The van der Waals surface area contributed by atoms with Gasteiger partial charge in [-0.1, -0.05) is 29.8 Å². The molecule has 1 atom stereocenters. The summed E-state index contributed by atoms with van der Waals surface area (Å²) in [6.45, 7) is 3.81. The van der Waals surface area contributed by atoms with Crippen molar-refractivity contribution in [3.8, 4) is 5.75 Å². The highest BCUT2D eigenvalue weighted by Crippen LogP contribution is 2.25. The Morgan fingerprint density at radius 1 is 1.29 bits per heavy atom. The molecule has 2 aromatic carbocycles. The highest BCUT2D eigenvalue weighted by molar-refractivity contribution is 6.32. The summed E-state index contributed by atoms with van der Waals surface area (Å²) in [6, 6.07) is 9.99. The maximum Gasteiger partial charge on any atom is 0.261 e. The lowest BCUT2D eigenvalue weighted by molar-refractivity contribution is -0.127. The molecule has 1 unspecified atom stereocenters. The van der Waals surface area contributed by atoms with Crippen LogP contribution in [0.1, 0.15) is 23.6 Å². The first-order valence-electron chi connectivity index (χ1n) is 7.74. The number of rotatable bonds is 5. The highest BCUT2D eigenvalue weighted by Gasteiger charge is 2.17. The Labute approximate surface area is 145 Å². The van der Waals surface area contributed by atoms with Crippen molar-refractivity contribution in [3.05, 3.63) is 63.9 Å². The van der Waals surface area contributed by atoms with Crippen molar-refractivity contribution in [2.45, 2.75) is 32.7 Å². The largest absolute Gasteiger partial charge is 0.479 e. The van der Waals surface area contributed by atoms with E-state index in [0.717, 1.165) is 24.7 Å². The van der Waals surface area contributed by atoms with E-state index in [1.54, 1.807) is 6.92 Å². The zero-order chi connectivity index (χ0) is 17.1. The Morgan fingerprint density at radius 3 is 2.88 bits per heavy atom. The number of carbonyl (C=O) groups excluding carboxylic acids is 1. The maximum atomic E-state index is 13.0. The highest BCUT2D eigenvalue weighted by atomic mass is 35.5. The van der Waals surface area contributed by atoms with Gasteiger partial charge < -0.3 is 15.4 Å². The van der Waals surface area contributed by atoms with Gasteiger partial charge in [0.2, 0.25) is 0 Å². The second-order valence-electron chi connectivity index (χ2n) is 5.76. The minimum absolute atomic E-state index is 0.140. The molecule has 0 radical (unpaired) electrons. The molecule has 0 bridgehead atoms. The third kappa shape index (κ3) is 3.86. The average molecular weight is 349 g/mol. The van der Waals surface area contributed by atoms with Crippen LogP contribution < -0.4 is 15.4 Å². The standard InChI is InChI=1S/C18H18ClFN2O2/c1-11(24-17-5-4-15(20)7-16(17)19)18(23)22-8-12-2-3-13-9-21-10-14(13)6-12/h2-7,11,21H,8-10H2,1H3,(H,22,23). The quantitative estimate of drug-likeness (QED) is 0.872. The number of nitrogens with one attached hydrogen (secondary N) is 2. The number of benzene rings is 2. The first-order chi connectivity index (χ1) is 11.5. The molecule has 2 N–H and O–H groups in total. The molecule has 24 heavy (non-hydrogen) atoms. The summed E-state index contributed by atoms with van der Waals surface area (Å²) in [5, 5.41) is 6.27. The van der Waals surface area contributed by atoms with Crippen molar-refractivity contribution in [1.29, 1.82) is 0 Å². The lowest BCUT2D eigenvalue weighted by Crippen LogP contribution is -2.36. The molecule has 1 aliphatic heterocycles. The van der Waals surface area contributed by atoms with E-state index in [2.05, 4.69) is 22.8 Å². The van der Waals surface area contributed by atoms with Crippen molar-refractivity contribution in [1.82, 2.24) is 10.6 Å². The molecule has 1 amide bonds. The van der Waals surface area contributed by atoms with E-state index >= 15 is 0 Å². The van der Waals surface area contributed by atoms with Gasteiger partial charge in [0.1, 0.15) is 11.6 Å². The SMILES string of the molecule is CC(Oc1ccc(F)cc1Cl)C(=O)NCc1ccc2c(c1)CNC2. The molecule has 1 aliphatic rings. The molecule has 0 aromatic heterocycles. The Morgan fingerprint density at radius 2 is 2.08 bits per heavy atom. The van der Waals surface area contributed by atoms with Gasteiger partial charge >= 0.3 is 0 Å². The van der Waals surface area contributed by atoms with Crippen LogP contribution in [0.25, 0.3) is 0 Å². The van der Waals surface area contributed by atoms with Crippen molar-refractivity contribution in [3.63, 3.8) is 0 Å². The van der Waals surface area contributed by atoms with Gasteiger partial charge in [0.05, 0.1) is 5.02 Å².